The number of hydrogen-bond acceptors (Lipinski definition) is 6. The minimum atomic E-state index is -1.29. The summed E-state index contributed by atoms with van der Waals surface area (Å²) in [5.41, 5.74) is 2.24. The van der Waals surface area contributed by atoms with Crippen molar-refractivity contribution in [1.82, 2.24) is 19.3 Å². The minimum Gasteiger partial charge on any atom is -0.483 e. The highest BCUT2D eigenvalue weighted by Gasteiger charge is 2.26. The molecule has 2 unspecified atom stereocenters. The zero-order valence-electron chi connectivity index (χ0n) is 25.8. The van der Waals surface area contributed by atoms with E-state index in [1.165, 1.54) is 12.1 Å². The smallest absolute Gasteiger partial charge is 0.253 e. The topological polar surface area (TPSA) is 91.4 Å². The molecule has 0 aliphatic heterocycles. The van der Waals surface area contributed by atoms with Gasteiger partial charge in [-0.3, -0.25) is 4.79 Å². The first-order valence-corrected chi connectivity index (χ1v) is 18.7. The fraction of sp³-hybridized carbons (Fsp3) is 0.286. The summed E-state index contributed by atoms with van der Waals surface area (Å²) in [6.45, 7) is 7.90. The number of aromatic nitrogens is 4. The minimum absolute atomic E-state index is 0.0876. The molecular weight excluding hydrogens is 587 g/mol. The lowest BCUT2D eigenvalue weighted by molar-refractivity contribution is 0.0766. The van der Waals surface area contributed by atoms with Crippen molar-refractivity contribution in [2.45, 2.75) is 57.6 Å². The largest absolute Gasteiger partial charge is 0.483 e. The standard InChI is InChI=1S/C35H39FN4O4Si/c1-45(2,3)21-20-43-25-40-23-31(44-24-26-10-6-4-7-11-26)34(42)33(38-40)35-37-18-19-39(35)22-30(41)32(27-12-8-5-9-13-27)28-14-16-29(36)17-15-28/h4-19,23,30,32,41H,20-22,24-25H2,1-3H3. The van der Waals surface area contributed by atoms with Crippen molar-refractivity contribution in [3.8, 4) is 17.3 Å². The summed E-state index contributed by atoms with van der Waals surface area (Å²) in [4.78, 5) is 18.2. The summed E-state index contributed by atoms with van der Waals surface area (Å²) in [5, 5.41) is 16.2. The van der Waals surface area contributed by atoms with Crippen LogP contribution in [0.15, 0.2) is 108 Å². The number of aliphatic hydroxyl groups is 1. The number of nitrogens with zero attached hydrogens (tertiary/aromatic N) is 4. The number of benzene rings is 3. The van der Waals surface area contributed by atoms with Crippen LogP contribution in [0.3, 0.4) is 0 Å². The number of ether oxygens (including phenoxy) is 2. The van der Waals surface area contributed by atoms with Crippen LogP contribution in [0.2, 0.25) is 25.7 Å². The highest BCUT2D eigenvalue weighted by atomic mass is 28.3. The Morgan fingerprint density at radius 3 is 2.29 bits per heavy atom. The maximum absolute atomic E-state index is 13.8. The molecule has 234 valence electrons. The highest BCUT2D eigenvalue weighted by Crippen LogP contribution is 2.30. The second-order valence-electron chi connectivity index (χ2n) is 12.2. The van der Waals surface area contributed by atoms with Crippen molar-refractivity contribution < 1.29 is 19.0 Å². The molecule has 45 heavy (non-hydrogen) atoms. The van der Waals surface area contributed by atoms with Crippen LogP contribution < -0.4 is 10.2 Å². The number of imidazole rings is 1. The van der Waals surface area contributed by atoms with Crippen LogP contribution in [0.4, 0.5) is 4.39 Å². The second-order valence-corrected chi connectivity index (χ2v) is 17.9. The van der Waals surface area contributed by atoms with Gasteiger partial charge in [0.1, 0.15) is 19.2 Å². The van der Waals surface area contributed by atoms with Crippen molar-refractivity contribution in [2.75, 3.05) is 6.61 Å². The molecule has 2 heterocycles. The van der Waals surface area contributed by atoms with Gasteiger partial charge in [0.2, 0.25) is 0 Å². The summed E-state index contributed by atoms with van der Waals surface area (Å²) in [5.74, 6) is -0.377. The molecule has 0 aliphatic rings. The molecule has 1 N–H and O–H groups in total. The Hall–Kier alpha value is -4.38. The number of hydrogen-bond donors (Lipinski definition) is 1. The van der Waals surface area contributed by atoms with Gasteiger partial charge in [-0.2, -0.15) is 5.10 Å². The fourth-order valence-electron chi connectivity index (χ4n) is 5.05. The molecule has 0 radical (unpaired) electrons. The molecule has 0 saturated carbocycles. The Morgan fingerprint density at radius 1 is 0.933 bits per heavy atom. The van der Waals surface area contributed by atoms with E-state index in [2.05, 4.69) is 29.7 Å². The van der Waals surface area contributed by atoms with E-state index in [-0.39, 0.29) is 37.1 Å². The molecule has 0 saturated heterocycles. The Morgan fingerprint density at radius 2 is 1.60 bits per heavy atom. The number of halogens is 1. The van der Waals surface area contributed by atoms with Gasteiger partial charge in [-0.25, -0.2) is 14.1 Å². The predicted octanol–water partition coefficient (Wildman–Crippen LogP) is 6.33. The number of aliphatic hydroxyl groups excluding tert-OH is 1. The van der Waals surface area contributed by atoms with Crippen LogP contribution in [0.1, 0.15) is 22.6 Å². The van der Waals surface area contributed by atoms with Gasteiger partial charge in [0.05, 0.1) is 18.8 Å². The lowest BCUT2D eigenvalue weighted by Gasteiger charge is -2.25. The Bertz CT molecular complexity index is 1720. The third-order valence-corrected chi connectivity index (χ3v) is 9.18. The summed E-state index contributed by atoms with van der Waals surface area (Å²) < 4.78 is 29.0. The Labute approximate surface area is 263 Å². The van der Waals surface area contributed by atoms with Gasteiger partial charge in [-0.1, -0.05) is 92.4 Å². The van der Waals surface area contributed by atoms with Crippen molar-refractivity contribution in [2.24, 2.45) is 0 Å². The first-order chi connectivity index (χ1) is 21.7. The van der Waals surface area contributed by atoms with E-state index in [4.69, 9.17) is 9.47 Å². The average molecular weight is 627 g/mol. The molecule has 5 rings (SSSR count). The molecule has 0 bridgehead atoms. The molecule has 10 heteroatoms. The summed E-state index contributed by atoms with van der Waals surface area (Å²) in [7, 11) is -1.29. The van der Waals surface area contributed by atoms with E-state index in [0.29, 0.717) is 12.4 Å². The summed E-state index contributed by atoms with van der Waals surface area (Å²) in [6.07, 6.45) is 3.91. The molecule has 3 aromatic carbocycles. The molecule has 0 spiro atoms. The van der Waals surface area contributed by atoms with Gasteiger partial charge < -0.3 is 19.1 Å². The Kier molecular flexibility index (Phi) is 10.4. The van der Waals surface area contributed by atoms with Gasteiger partial charge in [-0.05, 0) is 34.9 Å². The van der Waals surface area contributed by atoms with Crippen molar-refractivity contribution in [1.29, 1.82) is 0 Å². The van der Waals surface area contributed by atoms with E-state index in [1.54, 1.807) is 40.0 Å². The van der Waals surface area contributed by atoms with Crippen LogP contribution in [0.5, 0.6) is 5.75 Å². The third kappa shape index (κ3) is 8.63. The third-order valence-electron chi connectivity index (χ3n) is 7.47. The maximum atomic E-state index is 13.8. The van der Waals surface area contributed by atoms with E-state index in [1.807, 2.05) is 60.7 Å². The molecule has 0 fully saturated rings. The SMILES string of the molecule is C[Si](C)(C)CCOCn1cc(OCc2ccccc2)c(=O)c(-c2nccn2CC(O)C(c2ccccc2)c2ccc(F)cc2)n1. The zero-order chi connectivity index (χ0) is 31.8. The summed E-state index contributed by atoms with van der Waals surface area (Å²) >= 11 is 0. The van der Waals surface area contributed by atoms with Gasteiger partial charge in [0.15, 0.2) is 17.3 Å². The van der Waals surface area contributed by atoms with Crippen molar-refractivity contribution in [3.05, 3.63) is 136 Å². The van der Waals surface area contributed by atoms with Crippen molar-refractivity contribution >= 4 is 8.07 Å². The van der Waals surface area contributed by atoms with Crippen LogP contribution in [-0.2, 0) is 24.6 Å². The average Bonchev–Trinajstić information content (AvgIpc) is 3.48. The lowest BCUT2D eigenvalue weighted by Crippen LogP contribution is -2.27. The van der Waals surface area contributed by atoms with Crippen LogP contribution in [0.25, 0.3) is 11.5 Å². The van der Waals surface area contributed by atoms with E-state index >= 15 is 0 Å². The van der Waals surface area contributed by atoms with E-state index < -0.39 is 25.5 Å². The molecule has 5 aromatic rings. The van der Waals surface area contributed by atoms with E-state index in [0.717, 1.165) is 22.7 Å². The van der Waals surface area contributed by atoms with Gasteiger partial charge >= 0.3 is 0 Å². The molecule has 8 nitrogen and oxygen atoms in total. The molecule has 2 aromatic heterocycles. The first-order valence-electron chi connectivity index (χ1n) is 15.0. The zero-order valence-corrected chi connectivity index (χ0v) is 26.8. The molecule has 0 aliphatic carbocycles. The van der Waals surface area contributed by atoms with Crippen LogP contribution in [0, 0.1) is 5.82 Å². The van der Waals surface area contributed by atoms with Gasteiger partial charge in [0, 0.05) is 33.0 Å². The quantitative estimate of drug-likeness (QED) is 0.114. The van der Waals surface area contributed by atoms with Gasteiger partial charge in [0.25, 0.3) is 5.43 Å². The fourth-order valence-corrected chi connectivity index (χ4v) is 5.80. The molecule has 2 atom stereocenters. The van der Waals surface area contributed by atoms with Crippen molar-refractivity contribution in [3.63, 3.8) is 0 Å². The number of rotatable bonds is 14. The van der Waals surface area contributed by atoms with Gasteiger partial charge in [-0.15, -0.1) is 0 Å². The monoisotopic (exact) mass is 626 g/mol. The maximum Gasteiger partial charge on any atom is 0.253 e. The highest BCUT2D eigenvalue weighted by molar-refractivity contribution is 6.76. The Balaban J connectivity index is 1.45. The normalized spacial score (nSPS) is 13.0. The summed E-state index contributed by atoms with van der Waals surface area (Å²) in [6, 6.07) is 26.3. The second kappa shape index (κ2) is 14.6. The molecule has 0 amide bonds. The first kappa shape index (κ1) is 32.0. The van der Waals surface area contributed by atoms with Crippen LogP contribution >= 0.6 is 0 Å². The molecular formula is C35H39FN4O4Si. The predicted molar refractivity (Wildman–Crippen MR) is 175 cm³/mol. The van der Waals surface area contributed by atoms with E-state index in [9.17, 15) is 14.3 Å². The van der Waals surface area contributed by atoms with Crippen LogP contribution in [-0.4, -0.2) is 45.2 Å². The lowest BCUT2D eigenvalue weighted by atomic mass is 9.86.